The largest absolute Gasteiger partial charge is 0.459 e. The summed E-state index contributed by atoms with van der Waals surface area (Å²) in [5, 5.41) is 0. The first-order valence-corrected chi connectivity index (χ1v) is 3.14. The van der Waals surface area contributed by atoms with Gasteiger partial charge in [-0.1, -0.05) is 6.58 Å². The lowest BCUT2D eigenvalue weighted by Gasteiger charge is -1.99. The molecule has 0 aromatic heterocycles. The molecule has 1 saturated heterocycles. The zero-order valence-corrected chi connectivity index (χ0v) is 6.37. The highest BCUT2D eigenvalue weighted by molar-refractivity contribution is 5.86. The molecule has 1 N–H and O–H groups in total. The third-order valence-corrected chi connectivity index (χ3v) is 1.15. The molecule has 1 unspecified atom stereocenters. The maximum Gasteiger partial charge on any atom is 0.333 e. The molecule has 0 amide bonds. The molecule has 63 valence electrons. The molecule has 1 aliphatic rings. The third kappa shape index (κ3) is 3.75. The Morgan fingerprint density at radius 1 is 1.82 bits per heavy atom. The van der Waals surface area contributed by atoms with Crippen molar-refractivity contribution in [2.24, 2.45) is 0 Å². The smallest absolute Gasteiger partial charge is 0.333 e. The van der Waals surface area contributed by atoms with Crippen molar-refractivity contribution in [3.05, 3.63) is 12.2 Å². The van der Waals surface area contributed by atoms with Crippen LogP contribution in [0.15, 0.2) is 12.2 Å². The second-order valence-electron chi connectivity index (χ2n) is 2.33. The second-order valence-corrected chi connectivity index (χ2v) is 2.33. The van der Waals surface area contributed by atoms with Crippen LogP contribution in [0, 0.1) is 0 Å². The van der Waals surface area contributed by atoms with Crippen molar-refractivity contribution < 1.29 is 19.7 Å². The summed E-state index contributed by atoms with van der Waals surface area (Å²) in [4.78, 5) is 10.7. The lowest BCUT2D eigenvalue weighted by Crippen LogP contribution is -2.09. The van der Waals surface area contributed by atoms with Crippen molar-refractivity contribution in [1.82, 2.24) is 0 Å². The first kappa shape index (κ1) is 10.1. The molecular formula is C7H11O4. The van der Waals surface area contributed by atoms with E-state index >= 15 is 0 Å². The Bertz CT molecular complexity index is 160. The number of hydrogen-bond donors (Lipinski definition) is 1. The van der Waals surface area contributed by atoms with Crippen LogP contribution in [0.3, 0.4) is 0 Å². The minimum atomic E-state index is -0.337. The summed E-state index contributed by atoms with van der Waals surface area (Å²) in [5.41, 5.74) is 0.431. The van der Waals surface area contributed by atoms with Crippen LogP contribution < -0.4 is 0 Å². The SMILES string of the molecule is C=C(C)C(=O)OCC1CO1.[OH]. The van der Waals surface area contributed by atoms with E-state index in [0.717, 1.165) is 0 Å². The maximum absolute atomic E-state index is 10.7. The average molecular weight is 159 g/mol. The molecule has 11 heavy (non-hydrogen) atoms. The summed E-state index contributed by atoms with van der Waals surface area (Å²) in [6.45, 7) is 6.14. The maximum atomic E-state index is 10.7. The highest BCUT2D eigenvalue weighted by Crippen LogP contribution is 2.09. The van der Waals surface area contributed by atoms with Crippen LogP contribution in [-0.4, -0.2) is 30.8 Å². The molecule has 1 atom stereocenters. The van der Waals surface area contributed by atoms with Gasteiger partial charge in [-0.3, -0.25) is 5.48 Å². The zero-order valence-electron chi connectivity index (χ0n) is 6.37. The Labute approximate surface area is 65.1 Å². The summed E-state index contributed by atoms with van der Waals surface area (Å²) in [7, 11) is 0. The first-order chi connectivity index (χ1) is 4.70. The number of ether oxygens (including phenoxy) is 2. The highest BCUT2D eigenvalue weighted by Gasteiger charge is 2.24. The van der Waals surface area contributed by atoms with Crippen LogP contribution in [0.4, 0.5) is 0 Å². The summed E-state index contributed by atoms with van der Waals surface area (Å²) in [5.74, 6) is -0.337. The van der Waals surface area contributed by atoms with Crippen molar-refractivity contribution in [2.75, 3.05) is 13.2 Å². The van der Waals surface area contributed by atoms with Gasteiger partial charge < -0.3 is 9.47 Å². The fraction of sp³-hybridized carbons (Fsp3) is 0.571. The van der Waals surface area contributed by atoms with Crippen molar-refractivity contribution in [3.63, 3.8) is 0 Å². The molecule has 1 radical (unpaired) electrons. The number of carbonyl (C=O) groups is 1. The molecule has 0 aromatic rings. The van der Waals surface area contributed by atoms with E-state index in [0.29, 0.717) is 18.8 Å². The van der Waals surface area contributed by atoms with Gasteiger partial charge in [-0.2, -0.15) is 0 Å². The van der Waals surface area contributed by atoms with E-state index in [9.17, 15) is 4.79 Å². The molecule has 0 spiro atoms. The van der Waals surface area contributed by atoms with Gasteiger partial charge in [-0.05, 0) is 6.92 Å². The van der Waals surface area contributed by atoms with E-state index in [1.165, 1.54) is 0 Å². The standard InChI is InChI=1S/C7H10O3.HO/c1-5(2)7(8)10-4-6-3-9-6;/h6H,1,3-4H2,2H3;1H. The summed E-state index contributed by atoms with van der Waals surface area (Å²) < 4.78 is 9.60. The molecule has 0 aliphatic carbocycles. The fourth-order valence-corrected chi connectivity index (χ4v) is 0.456. The average Bonchev–Trinajstić information content (AvgIpc) is 2.64. The number of esters is 1. The number of epoxide rings is 1. The van der Waals surface area contributed by atoms with E-state index in [1.54, 1.807) is 6.92 Å². The molecule has 1 rings (SSSR count). The van der Waals surface area contributed by atoms with Crippen molar-refractivity contribution in [1.29, 1.82) is 0 Å². The van der Waals surface area contributed by atoms with Gasteiger partial charge in [-0.25, -0.2) is 4.79 Å². The first-order valence-electron chi connectivity index (χ1n) is 3.14. The molecule has 0 bridgehead atoms. The molecule has 4 nitrogen and oxygen atoms in total. The Morgan fingerprint density at radius 3 is 2.73 bits per heavy atom. The van der Waals surface area contributed by atoms with Gasteiger partial charge in [0, 0.05) is 5.57 Å². The highest BCUT2D eigenvalue weighted by atomic mass is 16.6. The van der Waals surface area contributed by atoms with E-state index < -0.39 is 0 Å². The second kappa shape index (κ2) is 4.10. The Hall–Kier alpha value is -0.870. The van der Waals surface area contributed by atoms with E-state index in [-0.39, 0.29) is 17.5 Å². The lowest BCUT2D eigenvalue weighted by molar-refractivity contribution is -0.139. The summed E-state index contributed by atoms with van der Waals surface area (Å²) in [6.07, 6.45) is 0.142. The van der Waals surface area contributed by atoms with Gasteiger partial charge in [0.25, 0.3) is 0 Å². The van der Waals surface area contributed by atoms with E-state index in [2.05, 4.69) is 6.58 Å². The topological polar surface area (TPSA) is 68.8 Å². The third-order valence-electron chi connectivity index (χ3n) is 1.15. The van der Waals surface area contributed by atoms with Crippen LogP contribution >= 0.6 is 0 Å². The summed E-state index contributed by atoms with van der Waals surface area (Å²) in [6, 6.07) is 0. The Morgan fingerprint density at radius 2 is 2.36 bits per heavy atom. The van der Waals surface area contributed by atoms with Gasteiger partial charge in [0.15, 0.2) is 0 Å². The van der Waals surface area contributed by atoms with Gasteiger partial charge in [0.1, 0.15) is 12.7 Å². The molecule has 0 aromatic carbocycles. The molecule has 1 aliphatic heterocycles. The minimum Gasteiger partial charge on any atom is -0.459 e. The zero-order chi connectivity index (χ0) is 7.56. The quantitative estimate of drug-likeness (QED) is 0.366. The molecule has 1 fully saturated rings. The van der Waals surface area contributed by atoms with Crippen LogP contribution in [0.25, 0.3) is 0 Å². The number of carbonyl (C=O) groups excluding carboxylic acids is 1. The van der Waals surface area contributed by atoms with Crippen molar-refractivity contribution >= 4 is 5.97 Å². The normalized spacial score (nSPS) is 19.9. The van der Waals surface area contributed by atoms with Gasteiger partial charge in [0.2, 0.25) is 0 Å². The van der Waals surface area contributed by atoms with Gasteiger partial charge in [0.05, 0.1) is 6.61 Å². The van der Waals surface area contributed by atoms with Crippen molar-refractivity contribution in [3.8, 4) is 0 Å². The molecule has 4 heteroatoms. The van der Waals surface area contributed by atoms with Crippen LogP contribution in [0.2, 0.25) is 0 Å². The van der Waals surface area contributed by atoms with Crippen LogP contribution in [0.1, 0.15) is 6.92 Å². The minimum absolute atomic E-state index is 0. The molecule has 1 heterocycles. The van der Waals surface area contributed by atoms with Crippen LogP contribution in [0.5, 0.6) is 0 Å². The molecule has 0 saturated carbocycles. The Balaban J connectivity index is 0.000001000. The number of hydrogen-bond acceptors (Lipinski definition) is 3. The predicted octanol–water partition coefficient (Wildman–Crippen LogP) is 0.328. The lowest BCUT2D eigenvalue weighted by atomic mass is 10.4. The van der Waals surface area contributed by atoms with Crippen molar-refractivity contribution in [2.45, 2.75) is 13.0 Å². The van der Waals surface area contributed by atoms with E-state index in [4.69, 9.17) is 9.47 Å². The molecular weight excluding hydrogens is 148 g/mol. The summed E-state index contributed by atoms with van der Waals surface area (Å²) >= 11 is 0. The monoisotopic (exact) mass is 159 g/mol. The van der Waals surface area contributed by atoms with Crippen LogP contribution in [-0.2, 0) is 14.3 Å². The van der Waals surface area contributed by atoms with E-state index in [1.807, 2.05) is 0 Å². The number of rotatable bonds is 3. The van der Waals surface area contributed by atoms with Gasteiger partial charge >= 0.3 is 5.97 Å². The fourth-order valence-electron chi connectivity index (χ4n) is 0.456. The predicted molar refractivity (Wildman–Crippen MR) is 37.4 cm³/mol. The Kier molecular flexibility index (Phi) is 3.78. The van der Waals surface area contributed by atoms with Gasteiger partial charge in [-0.15, -0.1) is 0 Å².